The predicted molar refractivity (Wildman–Crippen MR) is 85.0 cm³/mol. The average molecular weight is 285 g/mol. The van der Waals surface area contributed by atoms with Crippen LogP contribution >= 0.6 is 0 Å². The predicted octanol–water partition coefficient (Wildman–Crippen LogP) is 2.40. The Morgan fingerprint density at radius 1 is 1.05 bits per heavy atom. The van der Waals surface area contributed by atoms with Crippen molar-refractivity contribution in [2.75, 3.05) is 11.9 Å². The standard InChI is InChI=1S/C16H23N5/c1-16(2,3)18-11-13-8-9-15(20-19-13)21(4)12-14-7-5-6-10-17-14/h5-10,18H,11-12H2,1-4H3. The van der Waals surface area contributed by atoms with Crippen molar-refractivity contribution in [3.05, 3.63) is 47.9 Å². The molecule has 0 fully saturated rings. The molecule has 0 aromatic carbocycles. The van der Waals surface area contributed by atoms with E-state index >= 15 is 0 Å². The second kappa shape index (κ2) is 6.63. The van der Waals surface area contributed by atoms with Gasteiger partial charge in [-0.1, -0.05) is 6.07 Å². The molecule has 0 amide bonds. The molecule has 5 nitrogen and oxygen atoms in total. The van der Waals surface area contributed by atoms with Gasteiger partial charge < -0.3 is 10.2 Å². The molecule has 0 aliphatic heterocycles. The highest BCUT2D eigenvalue weighted by Gasteiger charge is 2.10. The maximum Gasteiger partial charge on any atom is 0.151 e. The summed E-state index contributed by atoms with van der Waals surface area (Å²) < 4.78 is 0. The van der Waals surface area contributed by atoms with Crippen LogP contribution in [0.5, 0.6) is 0 Å². The van der Waals surface area contributed by atoms with Gasteiger partial charge in [-0.15, -0.1) is 5.10 Å². The monoisotopic (exact) mass is 285 g/mol. The first-order valence-electron chi connectivity index (χ1n) is 7.13. The second-order valence-electron chi connectivity index (χ2n) is 6.16. The summed E-state index contributed by atoms with van der Waals surface area (Å²) >= 11 is 0. The minimum atomic E-state index is 0.0795. The zero-order chi connectivity index (χ0) is 15.3. The van der Waals surface area contributed by atoms with Crippen LogP contribution in [0.15, 0.2) is 36.5 Å². The van der Waals surface area contributed by atoms with Crippen molar-refractivity contribution < 1.29 is 0 Å². The minimum Gasteiger partial charge on any atom is -0.352 e. The molecule has 1 N–H and O–H groups in total. The topological polar surface area (TPSA) is 53.9 Å². The van der Waals surface area contributed by atoms with Crippen molar-refractivity contribution in [3.63, 3.8) is 0 Å². The van der Waals surface area contributed by atoms with Gasteiger partial charge >= 0.3 is 0 Å². The number of pyridine rings is 1. The molecule has 5 heteroatoms. The number of nitrogens with zero attached hydrogens (tertiary/aromatic N) is 4. The van der Waals surface area contributed by atoms with Gasteiger partial charge in [0, 0.05) is 25.3 Å². The summed E-state index contributed by atoms with van der Waals surface area (Å²) in [6, 6.07) is 9.92. The van der Waals surface area contributed by atoms with E-state index in [-0.39, 0.29) is 5.54 Å². The molecule has 0 aliphatic carbocycles. The lowest BCUT2D eigenvalue weighted by Gasteiger charge is -2.20. The first-order chi connectivity index (χ1) is 9.94. The Bertz CT molecular complexity index is 545. The number of hydrogen-bond acceptors (Lipinski definition) is 5. The van der Waals surface area contributed by atoms with Crippen LogP contribution in [0.1, 0.15) is 32.2 Å². The van der Waals surface area contributed by atoms with Gasteiger partial charge in [0.1, 0.15) is 0 Å². The van der Waals surface area contributed by atoms with Crippen LogP contribution < -0.4 is 10.2 Å². The van der Waals surface area contributed by atoms with Crippen molar-refractivity contribution >= 4 is 5.82 Å². The fourth-order valence-electron chi connectivity index (χ4n) is 1.82. The average Bonchev–Trinajstić information content (AvgIpc) is 2.46. The third kappa shape index (κ3) is 5.11. The van der Waals surface area contributed by atoms with E-state index in [0.717, 1.165) is 30.3 Å². The summed E-state index contributed by atoms with van der Waals surface area (Å²) in [5, 5.41) is 12.0. The first kappa shape index (κ1) is 15.4. The molecule has 0 saturated carbocycles. The smallest absolute Gasteiger partial charge is 0.151 e. The molecule has 0 saturated heterocycles. The second-order valence-corrected chi connectivity index (χ2v) is 6.16. The Hall–Kier alpha value is -2.01. The third-order valence-electron chi connectivity index (χ3n) is 3.02. The van der Waals surface area contributed by atoms with Crippen LogP contribution in [0.25, 0.3) is 0 Å². The molecule has 0 unspecified atom stereocenters. The molecule has 0 aliphatic rings. The molecule has 0 radical (unpaired) electrons. The number of anilines is 1. The Morgan fingerprint density at radius 3 is 2.43 bits per heavy atom. The van der Waals surface area contributed by atoms with Crippen LogP contribution in [-0.2, 0) is 13.1 Å². The molecule has 21 heavy (non-hydrogen) atoms. The quantitative estimate of drug-likeness (QED) is 0.914. The summed E-state index contributed by atoms with van der Waals surface area (Å²) in [5.41, 5.74) is 2.04. The van der Waals surface area contributed by atoms with E-state index in [1.807, 2.05) is 42.3 Å². The van der Waals surface area contributed by atoms with Gasteiger partial charge in [-0.3, -0.25) is 4.98 Å². The molecule has 2 aromatic rings. The molecular formula is C16H23N5. The number of rotatable bonds is 5. The summed E-state index contributed by atoms with van der Waals surface area (Å²) in [4.78, 5) is 6.36. The Kier molecular flexibility index (Phi) is 4.85. The SMILES string of the molecule is CN(Cc1ccccn1)c1ccc(CNC(C)(C)C)nn1. The van der Waals surface area contributed by atoms with E-state index in [1.54, 1.807) is 6.20 Å². The van der Waals surface area contributed by atoms with E-state index < -0.39 is 0 Å². The highest BCUT2D eigenvalue weighted by atomic mass is 15.2. The van der Waals surface area contributed by atoms with Gasteiger partial charge in [0.05, 0.1) is 17.9 Å². The van der Waals surface area contributed by atoms with Crippen molar-refractivity contribution in [2.45, 2.75) is 39.4 Å². The van der Waals surface area contributed by atoms with Crippen molar-refractivity contribution in [3.8, 4) is 0 Å². The molecular weight excluding hydrogens is 262 g/mol. The van der Waals surface area contributed by atoms with E-state index in [9.17, 15) is 0 Å². The molecule has 0 spiro atoms. The third-order valence-corrected chi connectivity index (χ3v) is 3.02. The van der Waals surface area contributed by atoms with Gasteiger partial charge in [-0.25, -0.2) is 0 Å². The van der Waals surface area contributed by atoms with Gasteiger partial charge in [0.2, 0.25) is 0 Å². The van der Waals surface area contributed by atoms with Crippen molar-refractivity contribution in [2.24, 2.45) is 0 Å². The number of aromatic nitrogens is 3. The summed E-state index contributed by atoms with van der Waals surface area (Å²) in [5.74, 6) is 0.847. The lowest BCUT2D eigenvalue weighted by molar-refractivity contribution is 0.420. The van der Waals surface area contributed by atoms with Gasteiger partial charge in [0.15, 0.2) is 5.82 Å². The highest BCUT2D eigenvalue weighted by molar-refractivity contribution is 5.36. The Balaban J connectivity index is 1.95. The van der Waals surface area contributed by atoms with Crippen LogP contribution in [0, 0.1) is 0 Å². The first-order valence-corrected chi connectivity index (χ1v) is 7.13. The van der Waals surface area contributed by atoms with E-state index in [1.165, 1.54) is 0 Å². The highest BCUT2D eigenvalue weighted by Crippen LogP contribution is 2.11. The normalized spacial score (nSPS) is 11.4. The molecule has 0 bridgehead atoms. The fraction of sp³-hybridized carbons (Fsp3) is 0.438. The van der Waals surface area contributed by atoms with Crippen molar-refractivity contribution in [1.82, 2.24) is 20.5 Å². The summed E-state index contributed by atoms with van der Waals surface area (Å²) in [7, 11) is 1.99. The summed E-state index contributed by atoms with van der Waals surface area (Å²) in [6.07, 6.45) is 1.80. The maximum absolute atomic E-state index is 4.32. The lowest BCUT2D eigenvalue weighted by Crippen LogP contribution is -2.35. The number of nitrogens with one attached hydrogen (secondary N) is 1. The lowest BCUT2D eigenvalue weighted by atomic mass is 10.1. The molecule has 2 rings (SSSR count). The van der Waals surface area contributed by atoms with Crippen LogP contribution in [-0.4, -0.2) is 27.8 Å². The largest absolute Gasteiger partial charge is 0.352 e. The van der Waals surface area contributed by atoms with E-state index in [4.69, 9.17) is 0 Å². The van der Waals surface area contributed by atoms with Crippen molar-refractivity contribution in [1.29, 1.82) is 0 Å². The van der Waals surface area contributed by atoms with Crippen LogP contribution in [0.3, 0.4) is 0 Å². The minimum absolute atomic E-state index is 0.0795. The molecule has 2 aromatic heterocycles. The summed E-state index contributed by atoms with van der Waals surface area (Å²) in [6.45, 7) is 7.84. The fourth-order valence-corrected chi connectivity index (χ4v) is 1.82. The molecule has 0 atom stereocenters. The zero-order valence-corrected chi connectivity index (χ0v) is 13.2. The van der Waals surface area contributed by atoms with E-state index in [2.05, 4.69) is 41.3 Å². The Morgan fingerprint density at radius 2 is 1.86 bits per heavy atom. The number of hydrogen-bond donors (Lipinski definition) is 1. The Labute approximate surface area is 126 Å². The van der Waals surface area contributed by atoms with Gasteiger partial charge in [-0.05, 0) is 45.0 Å². The zero-order valence-electron chi connectivity index (χ0n) is 13.2. The molecule has 2 heterocycles. The molecule has 112 valence electrons. The van der Waals surface area contributed by atoms with E-state index in [0.29, 0.717) is 0 Å². The van der Waals surface area contributed by atoms with Gasteiger partial charge in [0.25, 0.3) is 0 Å². The maximum atomic E-state index is 4.32. The van der Waals surface area contributed by atoms with Gasteiger partial charge in [-0.2, -0.15) is 5.10 Å². The van der Waals surface area contributed by atoms with Crippen LogP contribution in [0.2, 0.25) is 0 Å². The van der Waals surface area contributed by atoms with Crippen LogP contribution in [0.4, 0.5) is 5.82 Å².